The van der Waals surface area contributed by atoms with Gasteiger partial charge in [-0.05, 0) is 30.7 Å². The van der Waals surface area contributed by atoms with Crippen molar-refractivity contribution in [3.05, 3.63) is 75.4 Å². The zero-order chi connectivity index (χ0) is 22.3. The predicted octanol–water partition coefficient (Wildman–Crippen LogP) is 6.41. The molecule has 0 radical (unpaired) electrons. The monoisotopic (exact) mass is 468 g/mol. The van der Waals surface area contributed by atoms with E-state index >= 15 is 0 Å². The lowest BCUT2D eigenvalue weighted by Crippen LogP contribution is -2.36. The van der Waals surface area contributed by atoms with E-state index in [0.29, 0.717) is 16.3 Å². The molecule has 0 saturated carbocycles. The van der Waals surface area contributed by atoms with E-state index in [1.807, 2.05) is 19.1 Å². The summed E-state index contributed by atoms with van der Waals surface area (Å²) in [5.74, 6) is -0.602. The van der Waals surface area contributed by atoms with Gasteiger partial charge in [-0.15, -0.1) is 0 Å². The summed E-state index contributed by atoms with van der Waals surface area (Å²) in [5, 5.41) is 10.1. The number of halogens is 5. The van der Waals surface area contributed by atoms with E-state index < -0.39 is 24.2 Å². The molecule has 1 aliphatic heterocycles. The molecule has 5 nitrogen and oxygen atoms in total. The van der Waals surface area contributed by atoms with Gasteiger partial charge in [0, 0.05) is 12.1 Å². The summed E-state index contributed by atoms with van der Waals surface area (Å²) in [7, 11) is 0. The zero-order valence-electron chi connectivity index (χ0n) is 16.2. The van der Waals surface area contributed by atoms with Crippen LogP contribution in [0.5, 0.6) is 0 Å². The second kappa shape index (κ2) is 8.09. The minimum atomic E-state index is -4.52. The van der Waals surface area contributed by atoms with Crippen molar-refractivity contribution in [2.75, 3.05) is 10.6 Å². The second-order valence-corrected chi connectivity index (χ2v) is 8.15. The number of nitrogens with one attached hydrogen (secondary N) is 2. The highest BCUT2D eigenvalue weighted by Gasteiger charge is 2.47. The molecule has 0 unspecified atom stereocenters. The summed E-state index contributed by atoms with van der Waals surface area (Å²) < 4.78 is 42.2. The number of carbonyl (C=O) groups is 1. The molecule has 1 amide bonds. The van der Waals surface area contributed by atoms with Crippen LogP contribution in [0, 0.1) is 6.92 Å². The van der Waals surface area contributed by atoms with Crippen molar-refractivity contribution < 1.29 is 18.0 Å². The molecule has 0 bridgehead atoms. The first-order valence-electron chi connectivity index (χ1n) is 9.37. The highest BCUT2D eigenvalue weighted by atomic mass is 35.5. The van der Waals surface area contributed by atoms with Gasteiger partial charge in [0.15, 0.2) is 6.04 Å². The number of hydrogen-bond donors (Lipinski definition) is 2. The number of anilines is 2. The lowest BCUT2D eigenvalue weighted by atomic mass is 9.96. The third kappa shape index (κ3) is 4.36. The largest absolute Gasteiger partial charge is 0.410 e. The van der Waals surface area contributed by atoms with Crippen molar-refractivity contribution in [1.29, 1.82) is 0 Å². The molecule has 1 aromatic heterocycles. The van der Waals surface area contributed by atoms with Crippen LogP contribution in [-0.2, 0) is 0 Å². The predicted molar refractivity (Wildman–Crippen MR) is 114 cm³/mol. The molecule has 0 saturated heterocycles. The van der Waals surface area contributed by atoms with Crippen molar-refractivity contribution >= 4 is 40.6 Å². The molecular weight excluding hydrogens is 452 g/mol. The van der Waals surface area contributed by atoms with Crippen LogP contribution in [0.25, 0.3) is 0 Å². The smallest absolute Gasteiger partial charge is 0.363 e. The lowest BCUT2D eigenvalue weighted by molar-refractivity contribution is -0.173. The topological polar surface area (TPSA) is 59.0 Å². The van der Waals surface area contributed by atoms with Crippen LogP contribution in [0.1, 0.15) is 40.0 Å². The zero-order valence-corrected chi connectivity index (χ0v) is 17.7. The first kappa shape index (κ1) is 21.5. The van der Waals surface area contributed by atoms with Crippen LogP contribution >= 0.6 is 23.2 Å². The Morgan fingerprint density at radius 2 is 1.87 bits per heavy atom. The van der Waals surface area contributed by atoms with Gasteiger partial charge in [0.25, 0.3) is 5.91 Å². The van der Waals surface area contributed by atoms with Gasteiger partial charge in [-0.1, -0.05) is 53.0 Å². The van der Waals surface area contributed by atoms with Gasteiger partial charge in [-0.2, -0.15) is 18.3 Å². The van der Waals surface area contributed by atoms with Gasteiger partial charge in [0.1, 0.15) is 11.4 Å². The second-order valence-electron chi connectivity index (χ2n) is 7.34. The average Bonchev–Trinajstić information content (AvgIpc) is 3.14. The molecular formula is C21H17Cl2F3N4O. The molecule has 31 heavy (non-hydrogen) atoms. The average molecular weight is 469 g/mol. The van der Waals surface area contributed by atoms with Crippen molar-refractivity contribution in [2.24, 2.45) is 0 Å². The summed E-state index contributed by atoms with van der Waals surface area (Å²) in [4.78, 5) is 12.8. The standard InChI is InChI=1S/C21H17Cl2F3N4O/c1-11-2-4-12(5-3-11)17-9-18(21(24,25)26)30-19(29-17)14(10-27-30)20(31)28-13-6-7-15(22)16(23)8-13/h2-8,10,17-18,29H,9H2,1H3,(H,28,31)/t17-,18-/m1/s1. The van der Waals surface area contributed by atoms with Crippen LogP contribution in [0.3, 0.4) is 0 Å². The van der Waals surface area contributed by atoms with Crippen LogP contribution in [0.2, 0.25) is 10.0 Å². The Bertz CT molecular complexity index is 1130. The summed E-state index contributed by atoms with van der Waals surface area (Å²) in [5.41, 5.74) is 2.05. The molecule has 4 rings (SSSR count). The molecule has 1 aliphatic rings. The van der Waals surface area contributed by atoms with E-state index in [1.165, 1.54) is 12.1 Å². The third-order valence-corrected chi connectivity index (χ3v) is 5.88. The number of amides is 1. The number of nitrogens with zero attached hydrogens (tertiary/aromatic N) is 2. The van der Waals surface area contributed by atoms with Gasteiger partial charge < -0.3 is 10.6 Å². The quantitative estimate of drug-likeness (QED) is 0.466. The lowest BCUT2D eigenvalue weighted by Gasteiger charge is -2.34. The number of aryl methyl sites for hydroxylation is 1. The Balaban J connectivity index is 1.68. The summed E-state index contributed by atoms with van der Waals surface area (Å²) >= 11 is 11.8. The Labute approximate surface area is 186 Å². The van der Waals surface area contributed by atoms with Crippen LogP contribution in [-0.4, -0.2) is 21.9 Å². The number of alkyl halides is 3. The Kier molecular flexibility index (Phi) is 5.61. The Hall–Kier alpha value is -2.71. The number of fused-ring (bicyclic) bond motifs is 1. The van der Waals surface area contributed by atoms with E-state index in [1.54, 1.807) is 18.2 Å². The molecule has 0 fully saturated rings. The number of benzene rings is 2. The Morgan fingerprint density at radius 3 is 2.52 bits per heavy atom. The SMILES string of the molecule is Cc1ccc([C@H]2C[C@H](C(F)(F)F)n3ncc(C(=O)Nc4ccc(Cl)c(Cl)c4)c3N2)cc1. The highest BCUT2D eigenvalue weighted by molar-refractivity contribution is 6.42. The molecule has 3 aromatic rings. The summed E-state index contributed by atoms with van der Waals surface area (Å²) in [6.07, 6.45) is -3.64. The molecule has 2 heterocycles. The third-order valence-electron chi connectivity index (χ3n) is 5.14. The fourth-order valence-electron chi connectivity index (χ4n) is 3.52. The van der Waals surface area contributed by atoms with Crippen molar-refractivity contribution in [2.45, 2.75) is 31.6 Å². The maximum absolute atomic E-state index is 13.8. The maximum atomic E-state index is 13.8. The number of rotatable bonds is 3. The molecule has 162 valence electrons. The van der Waals surface area contributed by atoms with E-state index in [0.717, 1.165) is 16.4 Å². The molecule has 0 aliphatic carbocycles. The minimum Gasteiger partial charge on any atom is -0.363 e. The van der Waals surface area contributed by atoms with E-state index in [-0.39, 0.29) is 22.8 Å². The number of aromatic nitrogens is 2. The van der Waals surface area contributed by atoms with Crippen LogP contribution in [0.15, 0.2) is 48.7 Å². The van der Waals surface area contributed by atoms with Crippen LogP contribution < -0.4 is 10.6 Å². The summed E-state index contributed by atoms with van der Waals surface area (Å²) in [6, 6.07) is 9.26. The molecule has 0 spiro atoms. The van der Waals surface area contributed by atoms with Gasteiger partial charge in [-0.25, -0.2) is 4.68 Å². The first-order valence-corrected chi connectivity index (χ1v) is 10.1. The fraction of sp³-hybridized carbons (Fsp3) is 0.238. The van der Waals surface area contributed by atoms with Gasteiger partial charge in [0.05, 0.1) is 22.3 Å². The van der Waals surface area contributed by atoms with Gasteiger partial charge in [-0.3, -0.25) is 4.79 Å². The van der Waals surface area contributed by atoms with E-state index in [4.69, 9.17) is 23.2 Å². The van der Waals surface area contributed by atoms with Crippen molar-refractivity contribution in [3.8, 4) is 0 Å². The number of hydrogen-bond acceptors (Lipinski definition) is 3. The minimum absolute atomic E-state index is 0.00265. The highest BCUT2D eigenvalue weighted by Crippen LogP contribution is 2.44. The molecule has 2 atom stereocenters. The fourth-order valence-corrected chi connectivity index (χ4v) is 3.82. The van der Waals surface area contributed by atoms with Gasteiger partial charge >= 0.3 is 6.18 Å². The normalized spacial score (nSPS) is 18.3. The van der Waals surface area contributed by atoms with Gasteiger partial charge in [0.2, 0.25) is 0 Å². The first-order chi connectivity index (χ1) is 14.6. The van der Waals surface area contributed by atoms with E-state index in [2.05, 4.69) is 15.7 Å². The van der Waals surface area contributed by atoms with Crippen LogP contribution in [0.4, 0.5) is 24.7 Å². The Morgan fingerprint density at radius 1 is 1.16 bits per heavy atom. The maximum Gasteiger partial charge on any atom is 0.410 e. The molecule has 2 aromatic carbocycles. The number of carbonyl (C=O) groups excluding carboxylic acids is 1. The summed E-state index contributed by atoms with van der Waals surface area (Å²) in [6.45, 7) is 1.90. The van der Waals surface area contributed by atoms with Crippen molar-refractivity contribution in [1.82, 2.24) is 9.78 Å². The van der Waals surface area contributed by atoms with Crippen molar-refractivity contribution in [3.63, 3.8) is 0 Å². The molecule has 10 heteroatoms. The van der Waals surface area contributed by atoms with E-state index in [9.17, 15) is 18.0 Å². The molecule has 2 N–H and O–H groups in total.